The third-order valence-electron chi connectivity index (χ3n) is 2.35. The highest BCUT2D eigenvalue weighted by molar-refractivity contribution is 6.32. The lowest BCUT2D eigenvalue weighted by atomic mass is 10.4. The van der Waals surface area contributed by atoms with Gasteiger partial charge in [0, 0.05) is 0 Å². The molecule has 2 heterocycles. The Hall–Kier alpha value is -2.35. The molecule has 8 nitrogen and oxygen atoms in total. The number of halogens is 1. The summed E-state index contributed by atoms with van der Waals surface area (Å²) in [7, 11) is 1.20. The fourth-order valence-electron chi connectivity index (χ4n) is 1.51. The number of nitrogens with zero attached hydrogens (tertiary/aromatic N) is 3. The highest BCUT2D eigenvalue weighted by atomic mass is 35.5. The van der Waals surface area contributed by atoms with Crippen LogP contribution in [-0.4, -0.2) is 40.4 Å². The average molecular weight is 299 g/mol. The van der Waals surface area contributed by atoms with Crippen molar-refractivity contribution >= 4 is 35.1 Å². The Labute approximate surface area is 118 Å². The van der Waals surface area contributed by atoms with Gasteiger partial charge < -0.3 is 9.47 Å². The van der Waals surface area contributed by atoms with Gasteiger partial charge in [-0.15, -0.1) is 5.10 Å². The van der Waals surface area contributed by atoms with Gasteiger partial charge >= 0.3 is 12.1 Å². The lowest BCUT2D eigenvalue weighted by molar-refractivity contribution is 0.0517. The number of fused-ring (bicyclic) bond motifs is 1. The third-order valence-corrected chi connectivity index (χ3v) is 2.63. The van der Waals surface area contributed by atoms with Crippen molar-refractivity contribution in [2.24, 2.45) is 0 Å². The van der Waals surface area contributed by atoms with Crippen molar-refractivity contribution < 1.29 is 19.1 Å². The molecule has 0 aromatic carbocycles. The zero-order valence-corrected chi connectivity index (χ0v) is 11.5. The predicted molar refractivity (Wildman–Crippen MR) is 70.0 cm³/mol. The number of aromatic nitrogens is 3. The summed E-state index contributed by atoms with van der Waals surface area (Å²) >= 11 is 5.97. The van der Waals surface area contributed by atoms with Crippen molar-refractivity contribution in [2.75, 3.05) is 19.0 Å². The Morgan fingerprint density at radius 2 is 2.20 bits per heavy atom. The Morgan fingerprint density at radius 3 is 2.85 bits per heavy atom. The maximum atomic E-state index is 11.8. The number of methoxy groups -OCH3 is 1. The molecule has 20 heavy (non-hydrogen) atoms. The lowest BCUT2D eigenvalue weighted by Gasteiger charge is -2.06. The van der Waals surface area contributed by atoms with E-state index in [1.54, 1.807) is 13.0 Å². The molecule has 106 valence electrons. The number of anilines is 1. The van der Waals surface area contributed by atoms with Gasteiger partial charge in [-0.1, -0.05) is 11.6 Å². The van der Waals surface area contributed by atoms with Crippen LogP contribution in [0.15, 0.2) is 12.1 Å². The summed E-state index contributed by atoms with van der Waals surface area (Å²) in [6.45, 7) is 1.93. The van der Waals surface area contributed by atoms with Crippen LogP contribution in [0.2, 0.25) is 5.15 Å². The Balaban J connectivity index is 2.47. The quantitative estimate of drug-likeness (QED) is 0.867. The Morgan fingerprint density at radius 1 is 1.45 bits per heavy atom. The molecule has 0 aliphatic rings. The van der Waals surface area contributed by atoms with Crippen molar-refractivity contribution in [1.82, 2.24) is 14.6 Å². The maximum absolute atomic E-state index is 11.8. The first-order chi connectivity index (χ1) is 9.56. The Kier molecular flexibility index (Phi) is 4.04. The van der Waals surface area contributed by atoms with Crippen molar-refractivity contribution in [3.05, 3.63) is 23.0 Å². The number of carbonyl (C=O) groups excluding carboxylic acids is 2. The zero-order valence-electron chi connectivity index (χ0n) is 10.7. The summed E-state index contributed by atoms with van der Waals surface area (Å²) in [6, 6.07) is 3.09. The first-order valence-corrected chi connectivity index (χ1v) is 6.02. The van der Waals surface area contributed by atoms with Gasteiger partial charge in [0.25, 0.3) is 5.95 Å². The summed E-state index contributed by atoms with van der Waals surface area (Å²) in [4.78, 5) is 26.8. The fourth-order valence-corrected chi connectivity index (χ4v) is 1.74. The van der Waals surface area contributed by atoms with Gasteiger partial charge in [0.2, 0.25) is 0 Å². The SMILES string of the molecule is CCOC(=O)c1ccc2c(Cl)nc(NC(=O)OC)nn12. The molecule has 0 aliphatic carbocycles. The zero-order chi connectivity index (χ0) is 14.7. The minimum absolute atomic E-state index is 0.0851. The van der Waals surface area contributed by atoms with Crippen LogP contribution in [-0.2, 0) is 9.47 Å². The topological polar surface area (TPSA) is 94.8 Å². The van der Waals surface area contributed by atoms with Gasteiger partial charge in [-0.25, -0.2) is 14.1 Å². The van der Waals surface area contributed by atoms with Crippen molar-refractivity contribution in [2.45, 2.75) is 6.92 Å². The van der Waals surface area contributed by atoms with E-state index in [0.717, 1.165) is 0 Å². The number of nitrogens with one attached hydrogen (secondary N) is 1. The van der Waals surface area contributed by atoms with Crippen LogP contribution >= 0.6 is 11.6 Å². The molecule has 2 aromatic rings. The molecule has 1 amide bonds. The van der Waals surface area contributed by atoms with E-state index in [0.29, 0.717) is 5.52 Å². The molecule has 0 unspecified atom stereocenters. The molecule has 1 N–H and O–H groups in total. The standard InChI is InChI=1S/C11H11ClN4O4/c1-3-20-9(17)7-5-4-6-8(12)13-10(15-16(6)7)14-11(18)19-2/h4-5H,3H2,1-2H3,(H,14,15,18). The summed E-state index contributed by atoms with van der Waals surface area (Å²) in [5, 5.41) is 6.35. The largest absolute Gasteiger partial charge is 0.461 e. The van der Waals surface area contributed by atoms with E-state index in [2.05, 4.69) is 20.1 Å². The van der Waals surface area contributed by atoms with E-state index >= 15 is 0 Å². The first kappa shape index (κ1) is 14.1. The number of hydrogen-bond donors (Lipinski definition) is 1. The van der Waals surface area contributed by atoms with E-state index in [9.17, 15) is 9.59 Å². The number of hydrogen-bond acceptors (Lipinski definition) is 6. The summed E-state index contributed by atoms with van der Waals surface area (Å²) < 4.78 is 10.6. The van der Waals surface area contributed by atoms with E-state index in [-0.39, 0.29) is 23.4 Å². The molecule has 0 saturated carbocycles. The van der Waals surface area contributed by atoms with E-state index in [1.165, 1.54) is 17.7 Å². The molecule has 0 spiro atoms. The molecule has 0 saturated heterocycles. The average Bonchev–Trinajstić information content (AvgIpc) is 2.83. The van der Waals surface area contributed by atoms with Crippen LogP contribution in [0.3, 0.4) is 0 Å². The second kappa shape index (κ2) is 5.74. The smallest absolute Gasteiger partial charge is 0.413 e. The van der Waals surface area contributed by atoms with Crippen LogP contribution in [0, 0.1) is 0 Å². The third kappa shape index (κ3) is 2.64. The number of amides is 1. The van der Waals surface area contributed by atoms with Crippen LogP contribution in [0.1, 0.15) is 17.4 Å². The predicted octanol–water partition coefficient (Wildman–Crippen LogP) is 1.74. The monoisotopic (exact) mass is 298 g/mol. The molecule has 0 radical (unpaired) electrons. The number of rotatable bonds is 3. The molecular weight excluding hydrogens is 288 g/mol. The van der Waals surface area contributed by atoms with Crippen LogP contribution in [0.5, 0.6) is 0 Å². The molecule has 0 aliphatic heterocycles. The molecule has 0 fully saturated rings. The minimum atomic E-state index is -0.745. The molecule has 2 aromatic heterocycles. The van der Waals surface area contributed by atoms with E-state index in [4.69, 9.17) is 16.3 Å². The van der Waals surface area contributed by atoms with Gasteiger partial charge in [-0.2, -0.15) is 4.98 Å². The normalized spacial score (nSPS) is 10.3. The fraction of sp³-hybridized carbons (Fsp3) is 0.273. The molecule has 2 rings (SSSR count). The van der Waals surface area contributed by atoms with Crippen LogP contribution < -0.4 is 5.32 Å². The molecule has 0 atom stereocenters. The number of esters is 1. The van der Waals surface area contributed by atoms with Crippen molar-refractivity contribution in [3.63, 3.8) is 0 Å². The summed E-state index contributed by atoms with van der Waals surface area (Å²) in [5.74, 6) is -0.637. The summed E-state index contributed by atoms with van der Waals surface area (Å²) in [5.41, 5.74) is 0.601. The lowest BCUT2D eigenvalue weighted by Crippen LogP contribution is -2.16. The first-order valence-electron chi connectivity index (χ1n) is 5.64. The second-order valence-corrected chi connectivity index (χ2v) is 3.94. The van der Waals surface area contributed by atoms with Gasteiger partial charge in [0.1, 0.15) is 5.52 Å². The van der Waals surface area contributed by atoms with Gasteiger partial charge in [0.05, 0.1) is 13.7 Å². The van der Waals surface area contributed by atoms with E-state index in [1.807, 2.05) is 0 Å². The van der Waals surface area contributed by atoms with Gasteiger partial charge in [0.15, 0.2) is 10.8 Å². The maximum Gasteiger partial charge on any atom is 0.413 e. The number of ether oxygens (including phenoxy) is 2. The van der Waals surface area contributed by atoms with Crippen LogP contribution in [0.25, 0.3) is 5.52 Å². The van der Waals surface area contributed by atoms with Crippen molar-refractivity contribution in [3.8, 4) is 0 Å². The highest BCUT2D eigenvalue weighted by Gasteiger charge is 2.17. The number of carbonyl (C=O) groups is 2. The van der Waals surface area contributed by atoms with Gasteiger partial charge in [-0.05, 0) is 19.1 Å². The minimum Gasteiger partial charge on any atom is -0.461 e. The molecule has 9 heteroatoms. The van der Waals surface area contributed by atoms with Crippen LogP contribution in [0.4, 0.5) is 10.7 Å². The summed E-state index contributed by atoms with van der Waals surface area (Å²) in [6.07, 6.45) is -0.745. The van der Waals surface area contributed by atoms with Gasteiger partial charge in [-0.3, -0.25) is 5.32 Å². The van der Waals surface area contributed by atoms with Crippen molar-refractivity contribution in [1.29, 1.82) is 0 Å². The highest BCUT2D eigenvalue weighted by Crippen LogP contribution is 2.19. The molecule has 0 bridgehead atoms. The molecular formula is C11H11ClN4O4. The van der Waals surface area contributed by atoms with E-state index < -0.39 is 12.1 Å². The second-order valence-electron chi connectivity index (χ2n) is 3.58. The Bertz CT molecular complexity index is 670.